The molecule has 0 bridgehead atoms. The molecule has 0 saturated carbocycles. The van der Waals surface area contributed by atoms with Gasteiger partial charge in [0.1, 0.15) is 22.9 Å². The van der Waals surface area contributed by atoms with Gasteiger partial charge in [-0.2, -0.15) is 0 Å². The molecule has 5 heteroatoms. The fourth-order valence-corrected chi connectivity index (χ4v) is 1.52. The second-order valence-electron chi connectivity index (χ2n) is 2.55. The van der Waals surface area contributed by atoms with Crippen LogP contribution < -0.4 is 4.74 Å². The Labute approximate surface area is 90.6 Å². The monoisotopic (exact) mass is 236 g/mol. The maximum absolute atomic E-state index is 13.1. The van der Waals surface area contributed by atoms with Crippen LogP contribution in [0.4, 0.5) is 4.39 Å². The SMILES string of the molecule is COc1c(CC=O)cc(F)c(Cl)c1Cl. The first-order chi connectivity index (χ1) is 6.61. The van der Waals surface area contributed by atoms with E-state index in [1.165, 1.54) is 7.11 Å². The van der Waals surface area contributed by atoms with E-state index in [0.717, 1.165) is 6.07 Å². The van der Waals surface area contributed by atoms with Crippen LogP contribution in [0.25, 0.3) is 0 Å². The van der Waals surface area contributed by atoms with E-state index in [2.05, 4.69) is 0 Å². The lowest BCUT2D eigenvalue weighted by Crippen LogP contribution is -1.96. The lowest BCUT2D eigenvalue weighted by Gasteiger charge is -2.09. The Morgan fingerprint density at radius 2 is 2.14 bits per heavy atom. The van der Waals surface area contributed by atoms with Gasteiger partial charge in [-0.1, -0.05) is 23.2 Å². The molecule has 0 unspecified atom stereocenters. The van der Waals surface area contributed by atoms with Gasteiger partial charge in [0.2, 0.25) is 0 Å². The summed E-state index contributed by atoms with van der Waals surface area (Å²) in [4.78, 5) is 10.3. The molecular formula is C9H7Cl2FO2. The average molecular weight is 237 g/mol. The van der Waals surface area contributed by atoms with Crippen molar-refractivity contribution in [2.75, 3.05) is 7.11 Å². The summed E-state index contributed by atoms with van der Waals surface area (Å²) in [7, 11) is 1.38. The van der Waals surface area contributed by atoms with E-state index in [9.17, 15) is 9.18 Å². The normalized spacial score (nSPS) is 10.0. The number of hydrogen-bond donors (Lipinski definition) is 0. The number of hydrogen-bond acceptors (Lipinski definition) is 2. The molecule has 0 aliphatic carbocycles. The topological polar surface area (TPSA) is 26.3 Å². The molecule has 1 aromatic rings. The summed E-state index contributed by atoms with van der Waals surface area (Å²) >= 11 is 11.3. The smallest absolute Gasteiger partial charge is 0.143 e. The van der Waals surface area contributed by atoms with Gasteiger partial charge in [0.15, 0.2) is 0 Å². The Balaban J connectivity index is 3.35. The molecule has 2 nitrogen and oxygen atoms in total. The van der Waals surface area contributed by atoms with Crippen LogP contribution in [0.3, 0.4) is 0 Å². The summed E-state index contributed by atoms with van der Waals surface area (Å²) in [6.07, 6.45) is 0.679. The number of ether oxygens (including phenoxy) is 1. The Hall–Kier alpha value is -0.800. The second kappa shape index (κ2) is 4.62. The largest absolute Gasteiger partial charge is 0.495 e. The van der Waals surface area contributed by atoms with Gasteiger partial charge < -0.3 is 9.53 Å². The second-order valence-corrected chi connectivity index (χ2v) is 3.31. The third kappa shape index (κ3) is 1.99. The van der Waals surface area contributed by atoms with Crippen molar-refractivity contribution in [1.29, 1.82) is 0 Å². The van der Waals surface area contributed by atoms with Crippen molar-refractivity contribution in [1.82, 2.24) is 0 Å². The Morgan fingerprint density at radius 1 is 1.50 bits per heavy atom. The molecule has 76 valence electrons. The zero-order valence-corrected chi connectivity index (χ0v) is 8.82. The molecule has 1 rings (SSSR count). The molecule has 0 heterocycles. The highest BCUT2D eigenvalue weighted by atomic mass is 35.5. The summed E-state index contributed by atoms with van der Waals surface area (Å²) in [6.45, 7) is 0. The van der Waals surface area contributed by atoms with Gasteiger partial charge >= 0.3 is 0 Å². The quantitative estimate of drug-likeness (QED) is 0.596. The summed E-state index contributed by atoms with van der Waals surface area (Å²) in [5, 5.41) is -0.204. The van der Waals surface area contributed by atoms with Crippen molar-refractivity contribution < 1.29 is 13.9 Å². The Bertz CT molecular complexity index is 366. The maximum atomic E-state index is 13.1. The first-order valence-corrected chi connectivity index (χ1v) is 4.51. The molecule has 0 aliphatic heterocycles. The molecule has 0 spiro atoms. The van der Waals surface area contributed by atoms with Crippen molar-refractivity contribution in [2.24, 2.45) is 0 Å². The molecule has 1 aromatic carbocycles. The van der Waals surface area contributed by atoms with Crippen molar-refractivity contribution >= 4 is 29.5 Å². The van der Waals surface area contributed by atoms with Crippen LogP contribution in [0.2, 0.25) is 10.0 Å². The summed E-state index contributed by atoms with van der Waals surface area (Å²) in [5.74, 6) is -0.417. The summed E-state index contributed by atoms with van der Waals surface area (Å²) in [5.41, 5.74) is 0.384. The molecular weight excluding hydrogens is 230 g/mol. The van der Waals surface area contributed by atoms with Crippen LogP contribution in [0.15, 0.2) is 6.07 Å². The van der Waals surface area contributed by atoms with E-state index < -0.39 is 5.82 Å². The first kappa shape index (κ1) is 11.3. The van der Waals surface area contributed by atoms with Gasteiger partial charge in [-0.15, -0.1) is 0 Å². The molecule has 0 radical (unpaired) electrons. The highest BCUT2D eigenvalue weighted by molar-refractivity contribution is 6.43. The predicted molar refractivity (Wildman–Crippen MR) is 52.7 cm³/mol. The molecule has 0 aromatic heterocycles. The average Bonchev–Trinajstić information content (AvgIpc) is 2.16. The van der Waals surface area contributed by atoms with Gasteiger partial charge in [-0.05, 0) is 6.07 Å². The van der Waals surface area contributed by atoms with Crippen LogP contribution in [0.1, 0.15) is 5.56 Å². The van der Waals surface area contributed by atoms with Crippen LogP contribution in [0, 0.1) is 5.82 Å². The van der Waals surface area contributed by atoms with Crippen molar-refractivity contribution in [3.63, 3.8) is 0 Å². The molecule has 0 aliphatic rings. The number of aldehydes is 1. The molecule has 0 atom stereocenters. The minimum absolute atomic E-state index is 0.00832. The van der Waals surface area contributed by atoms with E-state index in [4.69, 9.17) is 27.9 Å². The number of halogens is 3. The summed E-state index contributed by atoms with van der Waals surface area (Å²) < 4.78 is 18.0. The molecule has 0 saturated heterocycles. The number of benzene rings is 1. The van der Waals surface area contributed by atoms with E-state index in [1.807, 2.05) is 0 Å². The summed E-state index contributed by atoms with van der Waals surface area (Å²) in [6, 6.07) is 1.14. The number of rotatable bonds is 3. The van der Waals surface area contributed by atoms with Crippen LogP contribution >= 0.6 is 23.2 Å². The van der Waals surface area contributed by atoms with Gasteiger partial charge in [-0.3, -0.25) is 0 Å². The lowest BCUT2D eigenvalue weighted by atomic mass is 10.1. The third-order valence-electron chi connectivity index (χ3n) is 1.70. The van der Waals surface area contributed by atoms with Crippen LogP contribution in [-0.2, 0) is 11.2 Å². The van der Waals surface area contributed by atoms with Crippen molar-refractivity contribution in [2.45, 2.75) is 6.42 Å². The third-order valence-corrected chi connectivity index (χ3v) is 2.53. The van der Waals surface area contributed by atoms with Crippen LogP contribution in [-0.4, -0.2) is 13.4 Å². The number of methoxy groups -OCH3 is 1. The molecule has 0 fully saturated rings. The van der Waals surface area contributed by atoms with E-state index >= 15 is 0 Å². The number of carbonyl (C=O) groups is 1. The van der Waals surface area contributed by atoms with Gasteiger partial charge in [0.25, 0.3) is 0 Å². The van der Waals surface area contributed by atoms with E-state index in [1.54, 1.807) is 0 Å². The Morgan fingerprint density at radius 3 is 2.64 bits per heavy atom. The fourth-order valence-electron chi connectivity index (χ4n) is 1.09. The molecule has 0 amide bonds. The van der Waals surface area contributed by atoms with Gasteiger partial charge in [0, 0.05) is 12.0 Å². The van der Waals surface area contributed by atoms with Crippen molar-refractivity contribution in [3.8, 4) is 5.75 Å². The van der Waals surface area contributed by atoms with Crippen LogP contribution in [0.5, 0.6) is 5.75 Å². The highest BCUT2D eigenvalue weighted by Crippen LogP contribution is 2.37. The minimum Gasteiger partial charge on any atom is -0.495 e. The van der Waals surface area contributed by atoms with E-state index in [-0.39, 0.29) is 22.2 Å². The molecule has 14 heavy (non-hydrogen) atoms. The fraction of sp³-hybridized carbons (Fsp3) is 0.222. The highest BCUT2D eigenvalue weighted by Gasteiger charge is 2.15. The standard InChI is InChI=1S/C9H7Cl2FO2/c1-14-9-5(2-3-13)4-6(12)7(10)8(9)11/h3-4H,2H2,1H3. The zero-order valence-electron chi connectivity index (χ0n) is 7.31. The first-order valence-electron chi connectivity index (χ1n) is 3.75. The predicted octanol–water partition coefficient (Wildman–Crippen LogP) is 2.88. The zero-order chi connectivity index (χ0) is 10.7. The molecule has 0 N–H and O–H groups in total. The van der Waals surface area contributed by atoms with Gasteiger partial charge in [-0.25, -0.2) is 4.39 Å². The number of carbonyl (C=O) groups excluding carboxylic acids is 1. The maximum Gasteiger partial charge on any atom is 0.143 e. The minimum atomic E-state index is -0.658. The van der Waals surface area contributed by atoms with Gasteiger partial charge in [0.05, 0.1) is 12.1 Å². The Kier molecular flexibility index (Phi) is 3.72. The van der Waals surface area contributed by atoms with E-state index in [0.29, 0.717) is 11.8 Å². The van der Waals surface area contributed by atoms with Crippen molar-refractivity contribution in [3.05, 3.63) is 27.5 Å². The lowest BCUT2D eigenvalue weighted by molar-refractivity contribution is -0.107.